The molecule has 1 atom stereocenters. The topological polar surface area (TPSA) is 58.6 Å². The van der Waals surface area contributed by atoms with Crippen molar-refractivity contribution in [2.45, 2.75) is 12.5 Å². The van der Waals surface area contributed by atoms with Gasteiger partial charge in [-0.2, -0.15) is 0 Å². The molecule has 0 amide bonds. The van der Waals surface area contributed by atoms with Gasteiger partial charge in [0.05, 0.1) is 12.5 Å². The molecule has 2 aromatic carbocycles. The molecule has 1 unspecified atom stereocenters. The average molecular weight is 285 g/mol. The monoisotopic (exact) mass is 285 g/mol. The van der Waals surface area contributed by atoms with E-state index in [0.717, 1.165) is 16.8 Å². The van der Waals surface area contributed by atoms with Crippen LogP contribution in [0.15, 0.2) is 54.6 Å². The molecule has 0 saturated carbocycles. The van der Waals surface area contributed by atoms with Gasteiger partial charge in [0.25, 0.3) is 0 Å². The second kappa shape index (κ2) is 7.45. The lowest BCUT2D eigenvalue weighted by atomic mass is 9.99. The zero-order chi connectivity index (χ0) is 15.1. The Bertz CT molecular complexity index is 584. The van der Waals surface area contributed by atoms with E-state index in [0.29, 0.717) is 13.2 Å². The molecule has 0 heterocycles. The third-order valence-electron chi connectivity index (χ3n) is 3.25. The predicted octanol–water partition coefficient (Wildman–Crippen LogP) is 3.11. The van der Waals surface area contributed by atoms with Crippen molar-refractivity contribution in [1.82, 2.24) is 0 Å². The lowest BCUT2D eigenvalue weighted by molar-refractivity contribution is -0.138. The number of aliphatic carboxylic acids is 1. The van der Waals surface area contributed by atoms with Crippen LogP contribution in [0.4, 0.5) is 5.69 Å². The number of carbonyl (C=O) groups is 1. The van der Waals surface area contributed by atoms with Crippen LogP contribution in [-0.4, -0.2) is 24.7 Å². The van der Waals surface area contributed by atoms with E-state index in [1.54, 1.807) is 7.11 Å². The first-order valence-electron chi connectivity index (χ1n) is 6.80. The van der Waals surface area contributed by atoms with Gasteiger partial charge in [-0.1, -0.05) is 42.5 Å². The van der Waals surface area contributed by atoms with Gasteiger partial charge in [0.1, 0.15) is 0 Å². The van der Waals surface area contributed by atoms with E-state index in [2.05, 4.69) is 5.32 Å². The molecule has 4 heteroatoms. The summed E-state index contributed by atoms with van der Waals surface area (Å²) in [6.07, 6.45) is 0. The van der Waals surface area contributed by atoms with Crippen molar-refractivity contribution in [3.63, 3.8) is 0 Å². The molecule has 0 bridgehead atoms. The first kappa shape index (κ1) is 15.1. The zero-order valence-electron chi connectivity index (χ0n) is 12.0. The maximum Gasteiger partial charge on any atom is 0.312 e. The number of anilines is 1. The molecule has 0 fully saturated rings. The van der Waals surface area contributed by atoms with Gasteiger partial charge in [0, 0.05) is 19.3 Å². The fraction of sp³-hybridized carbons (Fsp3) is 0.235. The minimum atomic E-state index is -0.832. The molecule has 0 aromatic heterocycles. The van der Waals surface area contributed by atoms with Gasteiger partial charge >= 0.3 is 5.97 Å². The van der Waals surface area contributed by atoms with Crippen LogP contribution in [-0.2, 0) is 16.1 Å². The Morgan fingerprint density at radius 2 is 1.95 bits per heavy atom. The number of carboxylic acid groups (broad SMARTS) is 1. The first-order valence-corrected chi connectivity index (χ1v) is 6.80. The van der Waals surface area contributed by atoms with E-state index in [4.69, 9.17) is 4.74 Å². The molecule has 0 saturated heterocycles. The molecule has 2 aromatic rings. The van der Waals surface area contributed by atoms with Crippen molar-refractivity contribution in [2.75, 3.05) is 19.0 Å². The van der Waals surface area contributed by atoms with Crippen LogP contribution < -0.4 is 5.32 Å². The summed E-state index contributed by atoms with van der Waals surface area (Å²) in [6.45, 7) is 0.881. The first-order chi connectivity index (χ1) is 10.2. The summed E-state index contributed by atoms with van der Waals surface area (Å²) in [5, 5.41) is 12.6. The highest BCUT2D eigenvalue weighted by Gasteiger charge is 2.19. The molecule has 2 N–H and O–H groups in total. The Morgan fingerprint density at radius 1 is 1.19 bits per heavy atom. The van der Waals surface area contributed by atoms with Gasteiger partial charge in [-0.05, 0) is 23.3 Å². The van der Waals surface area contributed by atoms with E-state index >= 15 is 0 Å². The van der Waals surface area contributed by atoms with Crippen molar-refractivity contribution in [3.8, 4) is 0 Å². The van der Waals surface area contributed by atoms with Gasteiger partial charge in [-0.3, -0.25) is 4.79 Å². The summed E-state index contributed by atoms with van der Waals surface area (Å²) in [4.78, 5) is 11.4. The summed E-state index contributed by atoms with van der Waals surface area (Å²) in [5.41, 5.74) is 2.74. The Morgan fingerprint density at radius 3 is 2.62 bits per heavy atom. The third-order valence-corrected chi connectivity index (χ3v) is 3.25. The number of hydrogen-bond donors (Lipinski definition) is 2. The largest absolute Gasteiger partial charge is 0.481 e. The average Bonchev–Trinajstić information content (AvgIpc) is 2.49. The number of benzene rings is 2. The molecule has 0 aliphatic carbocycles. The molecule has 21 heavy (non-hydrogen) atoms. The van der Waals surface area contributed by atoms with E-state index in [1.807, 2.05) is 54.6 Å². The van der Waals surface area contributed by atoms with Crippen LogP contribution in [0.2, 0.25) is 0 Å². The Hall–Kier alpha value is -2.33. The fourth-order valence-electron chi connectivity index (χ4n) is 2.19. The van der Waals surface area contributed by atoms with Crippen molar-refractivity contribution in [1.29, 1.82) is 0 Å². The lowest BCUT2D eigenvalue weighted by Crippen LogP contribution is -2.20. The maximum absolute atomic E-state index is 11.4. The molecule has 4 nitrogen and oxygen atoms in total. The molecule has 2 rings (SSSR count). The van der Waals surface area contributed by atoms with Crippen LogP contribution in [0.5, 0.6) is 0 Å². The van der Waals surface area contributed by atoms with E-state index in [-0.39, 0.29) is 0 Å². The van der Waals surface area contributed by atoms with Crippen LogP contribution in [0.3, 0.4) is 0 Å². The van der Waals surface area contributed by atoms with Gasteiger partial charge in [-0.15, -0.1) is 0 Å². The Balaban J connectivity index is 2.06. The molecule has 0 aliphatic heterocycles. The molecule has 0 spiro atoms. The van der Waals surface area contributed by atoms with Crippen molar-refractivity contribution in [3.05, 3.63) is 65.7 Å². The van der Waals surface area contributed by atoms with Gasteiger partial charge in [0.2, 0.25) is 0 Å². The standard InChI is InChI=1S/C17H19NO3/c1-21-12-13-6-5-9-15(10-13)18-11-16(17(19)20)14-7-3-2-4-8-14/h2-10,16,18H,11-12H2,1H3,(H,19,20). The normalized spacial score (nSPS) is 11.9. The number of rotatable bonds is 7. The molecule has 110 valence electrons. The van der Waals surface area contributed by atoms with Gasteiger partial charge < -0.3 is 15.2 Å². The number of methoxy groups -OCH3 is 1. The minimum absolute atomic E-state index is 0.343. The summed E-state index contributed by atoms with van der Waals surface area (Å²) < 4.78 is 5.09. The van der Waals surface area contributed by atoms with Crippen LogP contribution >= 0.6 is 0 Å². The van der Waals surface area contributed by atoms with Crippen LogP contribution in [0.1, 0.15) is 17.0 Å². The van der Waals surface area contributed by atoms with E-state index in [9.17, 15) is 9.90 Å². The van der Waals surface area contributed by atoms with Gasteiger partial charge in [0.15, 0.2) is 0 Å². The number of nitrogens with one attached hydrogen (secondary N) is 1. The second-order valence-electron chi connectivity index (χ2n) is 4.82. The Kier molecular flexibility index (Phi) is 5.35. The van der Waals surface area contributed by atoms with Crippen molar-refractivity contribution >= 4 is 11.7 Å². The lowest BCUT2D eigenvalue weighted by Gasteiger charge is -2.15. The van der Waals surface area contributed by atoms with Gasteiger partial charge in [-0.25, -0.2) is 0 Å². The van der Waals surface area contributed by atoms with Crippen molar-refractivity contribution in [2.24, 2.45) is 0 Å². The predicted molar refractivity (Wildman–Crippen MR) is 82.5 cm³/mol. The maximum atomic E-state index is 11.4. The third kappa shape index (κ3) is 4.33. The van der Waals surface area contributed by atoms with Crippen LogP contribution in [0, 0.1) is 0 Å². The quantitative estimate of drug-likeness (QED) is 0.820. The van der Waals surface area contributed by atoms with Crippen LogP contribution in [0.25, 0.3) is 0 Å². The second-order valence-corrected chi connectivity index (χ2v) is 4.82. The smallest absolute Gasteiger partial charge is 0.312 e. The summed E-state index contributed by atoms with van der Waals surface area (Å²) >= 11 is 0. The Labute approximate surface area is 124 Å². The van der Waals surface area contributed by atoms with E-state index < -0.39 is 11.9 Å². The summed E-state index contributed by atoms with van der Waals surface area (Å²) in [5.74, 6) is -1.40. The highest BCUT2D eigenvalue weighted by molar-refractivity contribution is 5.77. The molecule has 0 radical (unpaired) electrons. The summed E-state index contributed by atoms with van der Waals surface area (Å²) in [6, 6.07) is 17.0. The number of ether oxygens (including phenoxy) is 1. The SMILES string of the molecule is COCc1cccc(NCC(C(=O)O)c2ccccc2)c1. The van der Waals surface area contributed by atoms with E-state index in [1.165, 1.54) is 0 Å². The fourth-order valence-corrected chi connectivity index (χ4v) is 2.19. The number of hydrogen-bond acceptors (Lipinski definition) is 3. The molecular formula is C17H19NO3. The molecular weight excluding hydrogens is 266 g/mol. The zero-order valence-corrected chi connectivity index (χ0v) is 12.0. The minimum Gasteiger partial charge on any atom is -0.481 e. The summed E-state index contributed by atoms with van der Waals surface area (Å²) in [7, 11) is 1.65. The highest BCUT2D eigenvalue weighted by atomic mass is 16.5. The molecule has 0 aliphatic rings. The highest BCUT2D eigenvalue weighted by Crippen LogP contribution is 2.18. The number of carboxylic acids is 1. The van der Waals surface area contributed by atoms with Crippen molar-refractivity contribution < 1.29 is 14.6 Å².